The summed E-state index contributed by atoms with van der Waals surface area (Å²) in [6, 6.07) is 3.13. The highest BCUT2D eigenvalue weighted by atomic mass is 16.5. The largest absolute Gasteiger partial charge is 0.478 e. The van der Waals surface area contributed by atoms with Crippen LogP contribution in [0.3, 0.4) is 0 Å². The van der Waals surface area contributed by atoms with Crippen LogP contribution in [0.15, 0.2) is 12.1 Å². The van der Waals surface area contributed by atoms with Gasteiger partial charge in [0, 0.05) is 6.54 Å². The van der Waals surface area contributed by atoms with Gasteiger partial charge < -0.3 is 20.3 Å². The molecule has 0 aliphatic heterocycles. The molecule has 0 aromatic carbocycles. The van der Waals surface area contributed by atoms with Gasteiger partial charge in [-0.25, -0.2) is 9.78 Å². The number of aryl methyl sites for hydroxylation is 1. The average molecular weight is 240 g/mol. The Hall–Kier alpha value is -1.66. The fourth-order valence-corrected chi connectivity index (χ4v) is 1.30. The third kappa shape index (κ3) is 4.38. The van der Waals surface area contributed by atoms with Gasteiger partial charge in [-0.3, -0.25) is 0 Å². The number of aliphatic hydroxyl groups is 1. The molecule has 3 N–H and O–H groups in total. The van der Waals surface area contributed by atoms with Crippen LogP contribution < -0.4 is 5.32 Å². The zero-order chi connectivity index (χ0) is 12.7. The fraction of sp³-hybridized carbons (Fsp3) is 0.455. The molecule has 0 radical (unpaired) electrons. The van der Waals surface area contributed by atoms with Crippen molar-refractivity contribution in [2.45, 2.75) is 6.92 Å². The van der Waals surface area contributed by atoms with Crippen LogP contribution in [0, 0.1) is 6.92 Å². The Kier molecular flexibility index (Phi) is 5.38. The number of carbonyl (C=O) groups is 1. The van der Waals surface area contributed by atoms with Crippen LogP contribution in [-0.4, -0.2) is 47.5 Å². The highest BCUT2D eigenvalue weighted by Crippen LogP contribution is 2.10. The predicted octanol–water partition coefficient (Wildman–Crippen LogP) is 0.509. The fourth-order valence-electron chi connectivity index (χ4n) is 1.30. The quantitative estimate of drug-likeness (QED) is 0.601. The number of pyridine rings is 1. The highest BCUT2D eigenvalue weighted by molar-refractivity contribution is 5.89. The number of anilines is 1. The number of aliphatic hydroxyl groups excluding tert-OH is 1. The van der Waals surface area contributed by atoms with E-state index in [2.05, 4.69) is 10.3 Å². The zero-order valence-electron chi connectivity index (χ0n) is 9.64. The van der Waals surface area contributed by atoms with E-state index in [0.29, 0.717) is 31.3 Å². The SMILES string of the molecule is Cc1nc(NCCOCCO)ccc1C(=O)O. The number of aromatic nitrogens is 1. The van der Waals surface area contributed by atoms with Gasteiger partial charge in [0.1, 0.15) is 5.82 Å². The number of hydrogen-bond acceptors (Lipinski definition) is 5. The minimum absolute atomic E-state index is 0.00463. The maximum Gasteiger partial charge on any atom is 0.337 e. The first-order valence-corrected chi connectivity index (χ1v) is 5.28. The number of rotatable bonds is 7. The van der Waals surface area contributed by atoms with Crippen LogP contribution in [-0.2, 0) is 4.74 Å². The molecule has 0 atom stereocenters. The molecule has 1 rings (SSSR count). The van der Waals surface area contributed by atoms with Gasteiger partial charge in [0.2, 0.25) is 0 Å². The summed E-state index contributed by atoms with van der Waals surface area (Å²) in [6.45, 7) is 2.98. The number of carboxylic acids is 1. The van der Waals surface area contributed by atoms with Gasteiger partial charge in [-0.05, 0) is 19.1 Å². The number of carboxylic acid groups (broad SMARTS) is 1. The van der Waals surface area contributed by atoms with Crippen molar-refractivity contribution in [1.29, 1.82) is 0 Å². The topological polar surface area (TPSA) is 91.7 Å². The van der Waals surface area contributed by atoms with Crippen LogP contribution in [0.25, 0.3) is 0 Å². The summed E-state index contributed by atoms with van der Waals surface area (Å²) in [4.78, 5) is 14.9. The van der Waals surface area contributed by atoms with E-state index in [1.165, 1.54) is 6.07 Å². The number of ether oxygens (including phenoxy) is 1. The molecule has 0 aliphatic carbocycles. The van der Waals surface area contributed by atoms with Crippen molar-refractivity contribution in [3.8, 4) is 0 Å². The summed E-state index contributed by atoms with van der Waals surface area (Å²) in [5.41, 5.74) is 0.672. The van der Waals surface area contributed by atoms with Crippen molar-refractivity contribution in [3.05, 3.63) is 23.4 Å². The van der Waals surface area contributed by atoms with Crippen molar-refractivity contribution in [1.82, 2.24) is 4.98 Å². The van der Waals surface area contributed by atoms with Crippen molar-refractivity contribution in [2.24, 2.45) is 0 Å². The van der Waals surface area contributed by atoms with E-state index in [4.69, 9.17) is 14.9 Å². The van der Waals surface area contributed by atoms with Gasteiger partial charge in [0.15, 0.2) is 0 Å². The lowest BCUT2D eigenvalue weighted by Crippen LogP contribution is -2.13. The molecule has 0 aliphatic rings. The Balaban J connectivity index is 2.45. The summed E-state index contributed by atoms with van der Waals surface area (Å²) >= 11 is 0. The van der Waals surface area contributed by atoms with Crippen LogP contribution in [0.1, 0.15) is 16.1 Å². The Morgan fingerprint density at radius 3 is 2.82 bits per heavy atom. The van der Waals surface area contributed by atoms with Crippen LogP contribution in [0.2, 0.25) is 0 Å². The summed E-state index contributed by atoms with van der Waals surface area (Å²) < 4.78 is 5.06. The van der Waals surface area contributed by atoms with Crippen LogP contribution >= 0.6 is 0 Å². The first kappa shape index (κ1) is 13.4. The molecule has 17 heavy (non-hydrogen) atoms. The first-order valence-electron chi connectivity index (χ1n) is 5.28. The van der Waals surface area contributed by atoms with Crippen molar-refractivity contribution >= 4 is 11.8 Å². The third-order valence-electron chi connectivity index (χ3n) is 2.10. The van der Waals surface area contributed by atoms with E-state index in [9.17, 15) is 4.79 Å². The second-order valence-electron chi connectivity index (χ2n) is 3.40. The summed E-state index contributed by atoms with van der Waals surface area (Å²) in [6.07, 6.45) is 0. The molecule has 6 heteroatoms. The van der Waals surface area contributed by atoms with Gasteiger partial charge in [-0.15, -0.1) is 0 Å². The normalized spacial score (nSPS) is 10.2. The van der Waals surface area contributed by atoms with E-state index < -0.39 is 5.97 Å². The molecule has 1 heterocycles. The van der Waals surface area contributed by atoms with E-state index in [1.807, 2.05) is 0 Å². The van der Waals surface area contributed by atoms with Gasteiger partial charge in [-0.1, -0.05) is 0 Å². The molecule has 0 saturated heterocycles. The maximum atomic E-state index is 10.8. The molecule has 1 aromatic rings. The molecule has 0 fully saturated rings. The lowest BCUT2D eigenvalue weighted by molar-refractivity contribution is 0.0695. The Bertz CT molecular complexity index is 382. The number of aromatic carboxylic acids is 1. The predicted molar refractivity (Wildman–Crippen MR) is 62.3 cm³/mol. The van der Waals surface area contributed by atoms with E-state index in [-0.39, 0.29) is 12.2 Å². The van der Waals surface area contributed by atoms with Crippen LogP contribution in [0.4, 0.5) is 5.82 Å². The lowest BCUT2D eigenvalue weighted by atomic mass is 10.2. The molecule has 0 amide bonds. The Morgan fingerprint density at radius 2 is 2.24 bits per heavy atom. The molecule has 0 bridgehead atoms. The van der Waals surface area contributed by atoms with Crippen molar-refractivity contribution in [2.75, 3.05) is 31.7 Å². The van der Waals surface area contributed by atoms with E-state index in [0.717, 1.165) is 0 Å². The Labute approximate surface area is 99.3 Å². The first-order chi connectivity index (χ1) is 8.15. The van der Waals surface area contributed by atoms with Gasteiger partial charge in [-0.2, -0.15) is 0 Å². The highest BCUT2D eigenvalue weighted by Gasteiger charge is 2.07. The van der Waals surface area contributed by atoms with Crippen molar-refractivity contribution < 1.29 is 19.7 Å². The van der Waals surface area contributed by atoms with E-state index >= 15 is 0 Å². The summed E-state index contributed by atoms with van der Waals surface area (Å²) in [5.74, 6) is -0.368. The minimum atomic E-state index is -0.979. The van der Waals surface area contributed by atoms with Crippen molar-refractivity contribution in [3.63, 3.8) is 0 Å². The monoisotopic (exact) mass is 240 g/mol. The molecule has 6 nitrogen and oxygen atoms in total. The number of hydrogen-bond donors (Lipinski definition) is 3. The molecule has 0 spiro atoms. The summed E-state index contributed by atoms with van der Waals surface area (Å²) in [7, 11) is 0. The number of nitrogens with one attached hydrogen (secondary N) is 1. The molecular formula is C11H16N2O4. The van der Waals surface area contributed by atoms with Gasteiger partial charge in [0.05, 0.1) is 31.1 Å². The van der Waals surface area contributed by atoms with Gasteiger partial charge in [0.25, 0.3) is 0 Å². The third-order valence-corrected chi connectivity index (χ3v) is 2.10. The van der Waals surface area contributed by atoms with E-state index in [1.54, 1.807) is 13.0 Å². The molecule has 0 saturated carbocycles. The molecule has 1 aromatic heterocycles. The average Bonchev–Trinajstić information content (AvgIpc) is 2.28. The molecular weight excluding hydrogens is 224 g/mol. The summed E-state index contributed by atoms with van der Waals surface area (Å²) in [5, 5.41) is 20.3. The van der Waals surface area contributed by atoms with Gasteiger partial charge >= 0.3 is 5.97 Å². The number of nitrogens with zero attached hydrogens (tertiary/aromatic N) is 1. The smallest absolute Gasteiger partial charge is 0.337 e. The molecule has 94 valence electrons. The minimum Gasteiger partial charge on any atom is -0.478 e. The lowest BCUT2D eigenvalue weighted by Gasteiger charge is -2.07. The van der Waals surface area contributed by atoms with Crippen LogP contribution in [0.5, 0.6) is 0 Å². The second-order valence-corrected chi connectivity index (χ2v) is 3.40. The zero-order valence-corrected chi connectivity index (χ0v) is 9.64. The second kappa shape index (κ2) is 6.82. The standard InChI is InChI=1S/C11H16N2O4/c1-8-9(11(15)16)2-3-10(13-8)12-4-6-17-7-5-14/h2-3,14H,4-7H2,1H3,(H,12,13)(H,15,16). The Morgan fingerprint density at radius 1 is 1.47 bits per heavy atom. The maximum absolute atomic E-state index is 10.8. The molecule has 0 unspecified atom stereocenters.